The zero-order chi connectivity index (χ0) is 13.4. The monoisotopic (exact) mass is 269 g/mol. The number of pyridine rings is 1. The Morgan fingerprint density at radius 2 is 2.10 bits per heavy atom. The highest BCUT2D eigenvalue weighted by atomic mass is 15.3. The van der Waals surface area contributed by atoms with E-state index in [2.05, 4.69) is 26.1 Å². The summed E-state index contributed by atoms with van der Waals surface area (Å²) in [5, 5.41) is 7.63. The molecule has 1 N–H and O–H groups in total. The Bertz CT molecular complexity index is 569. The topological polar surface area (TPSA) is 57.7 Å². The fourth-order valence-electron chi connectivity index (χ4n) is 3.01. The lowest BCUT2D eigenvalue weighted by molar-refractivity contribution is 0.271. The van der Waals surface area contributed by atoms with Gasteiger partial charge in [0.15, 0.2) is 5.82 Å². The lowest BCUT2D eigenvalue weighted by Gasteiger charge is -2.25. The zero-order valence-electron chi connectivity index (χ0n) is 11.5. The van der Waals surface area contributed by atoms with Gasteiger partial charge in [-0.2, -0.15) is 5.10 Å². The van der Waals surface area contributed by atoms with E-state index >= 15 is 0 Å². The van der Waals surface area contributed by atoms with Gasteiger partial charge in [0, 0.05) is 18.3 Å². The number of likely N-dealkylation sites (tertiary alicyclic amines) is 1. The van der Waals surface area contributed by atoms with Gasteiger partial charge in [-0.15, -0.1) is 0 Å². The summed E-state index contributed by atoms with van der Waals surface area (Å²) in [6.07, 6.45) is 8.77. The van der Waals surface area contributed by atoms with E-state index in [1.54, 1.807) is 0 Å². The highest BCUT2D eigenvalue weighted by molar-refractivity contribution is 5.22. The van der Waals surface area contributed by atoms with Crippen LogP contribution < -0.4 is 0 Å². The van der Waals surface area contributed by atoms with Gasteiger partial charge in [-0.25, -0.2) is 4.98 Å². The fourth-order valence-corrected chi connectivity index (χ4v) is 3.01. The van der Waals surface area contributed by atoms with Gasteiger partial charge in [0.25, 0.3) is 0 Å². The molecule has 0 bridgehead atoms. The van der Waals surface area contributed by atoms with Crippen LogP contribution in [0.25, 0.3) is 0 Å². The number of rotatable bonds is 4. The van der Waals surface area contributed by atoms with E-state index in [0.717, 1.165) is 24.7 Å². The molecular formula is C15H19N5. The molecule has 2 aromatic rings. The van der Waals surface area contributed by atoms with Crippen molar-refractivity contribution in [2.24, 2.45) is 0 Å². The molecule has 1 aliphatic carbocycles. The number of nitrogens with zero attached hydrogens (tertiary/aromatic N) is 4. The van der Waals surface area contributed by atoms with Crippen molar-refractivity contribution < 1.29 is 0 Å². The van der Waals surface area contributed by atoms with Crippen LogP contribution in [-0.2, 0) is 0 Å². The van der Waals surface area contributed by atoms with E-state index < -0.39 is 0 Å². The molecule has 0 aromatic carbocycles. The number of H-pyrrole nitrogens is 1. The molecule has 0 radical (unpaired) electrons. The lowest BCUT2D eigenvalue weighted by Crippen LogP contribution is -2.27. The maximum absolute atomic E-state index is 4.76. The van der Waals surface area contributed by atoms with Crippen LogP contribution in [0.4, 0.5) is 0 Å². The Morgan fingerprint density at radius 1 is 1.25 bits per heavy atom. The third kappa shape index (κ3) is 2.22. The summed E-state index contributed by atoms with van der Waals surface area (Å²) < 4.78 is 0. The summed E-state index contributed by atoms with van der Waals surface area (Å²) in [7, 11) is 0. The standard InChI is InChI=1S/C15H19N5/c1-2-9-20(8-1)13(12-4-3-7-16-10-12)15-17-14(18-19-15)11-5-6-11/h3-4,7,10-11,13H,1-2,5-6,8-9H2,(H,17,18,19). The van der Waals surface area contributed by atoms with E-state index in [1.165, 1.54) is 31.2 Å². The normalized spacial score (nSPS) is 21.2. The van der Waals surface area contributed by atoms with Gasteiger partial charge in [-0.1, -0.05) is 6.07 Å². The Morgan fingerprint density at radius 3 is 2.80 bits per heavy atom. The second-order valence-corrected chi connectivity index (χ2v) is 5.79. The van der Waals surface area contributed by atoms with Crippen molar-refractivity contribution in [1.29, 1.82) is 0 Å². The number of nitrogens with one attached hydrogen (secondary N) is 1. The first-order valence-corrected chi connectivity index (χ1v) is 7.48. The van der Waals surface area contributed by atoms with Crippen molar-refractivity contribution in [3.63, 3.8) is 0 Å². The maximum Gasteiger partial charge on any atom is 0.172 e. The molecule has 5 heteroatoms. The van der Waals surface area contributed by atoms with Gasteiger partial charge in [0.05, 0.1) is 6.04 Å². The van der Waals surface area contributed by atoms with E-state index in [1.807, 2.05) is 18.5 Å². The average molecular weight is 269 g/mol. The van der Waals surface area contributed by atoms with Gasteiger partial charge in [0.2, 0.25) is 0 Å². The van der Waals surface area contributed by atoms with E-state index in [0.29, 0.717) is 5.92 Å². The van der Waals surface area contributed by atoms with Crippen LogP contribution >= 0.6 is 0 Å². The van der Waals surface area contributed by atoms with Crippen LogP contribution in [-0.4, -0.2) is 38.2 Å². The molecule has 1 atom stereocenters. The summed E-state index contributed by atoms with van der Waals surface area (Å²) in [5.74, 6) is 2.58. The molecule has 1 unspecified atom stereocenters. The molecule has 2 aromatic heterocycles. The average Bonchev–Trinajstić information content (AvgIpc) is 3.01. The van der Waals surface area contributed by atoms with Crippen LogP contribution in [0.2, 0.25) is 0 Å². The molecule has 1 saturated carbocycles. The molecule has 4 rings (SSSR count). The minimum atomic E-state index is 0.148. The number of hydrogen-bond acceptors (Lipinski definition) is 4. The van der Waals surface area contributed by atoms with Crippen molar-refractivity contribution in [1.82, 2.24) is 25.1 Å². The molecule has 2 aliphatic rings. The van der Waals surface area contributed by atoms with E-state index in [9.17, 15) is 0 Å². The summed E-state index contributed by atoms with van der Waals surface area (Å²) in [5.41, 5.74) is 1.19. The van der Waals surface area contributed by atoms with Gasteiger partial charge < -0.3 is 0 Å². The molecule has 104 valence electrons. The number of hydrogen-bond donors (Lipinski definition) is 1. The highest BCUT2D eigenvalue weighted by Gasteiger charge is 2.32. The second kappa shape index (κ2) is 4.98. The Hall–Kier alpha value is -1.75. The highest BCUT2D eigenvalue weighted by Crippen LogP contribution is 2.39. The van der Waals surface area contributed by atoms with Crippen molar-refractivity contribution in [2.75, 3.05) is 13.1 Å². The first-order valence-electron chi connectivity index (χ1n) is 7.48. The molecule has 1 aliphatic heterocycles. The van der Waals surface area contributed by atoms with E-state index in [4.69, 9.17) is 4.98 Å². The van der Waals surface area contributed by atoms with Crippen molar-refractivity contribution in [3.05, 3.63) is 41.7 Å². The molecule has 1 saturated heterocycles. The number of aromatic amines is 1. The van der Waals surface area contributed by atoms with Crippen LogP contribution in [0.1, 0.15) is 54.9 Å². The summed E-state index contributed by atoms with van der Waals surface area (Å²) in [6, 6.07) is 4.27. The van der Waals surface area contributed by atoms with Gasteiger partial charge in [0.1, 0.15) is 5.82 Å². The first-order chi connectivity index (χ1) is 9.92. The van der Waals surface area contributed by atoms with E-state index in [-0.39, 0.29) is 6.04 Å². The third-order valence-electron chi connectivity index (χ3n) is 4.23. The SMILES string of the molecule is c1cncc(C(c2n[nH]c(C3CC3)n2)N2CCCC2)c1. The quantitative estimate of drug-likeness (QED) is 0.925. The predicted octanol–water partition coefficient (Wildman–Crippen LogP) is 2.26. The summed E-state index contributed by atoms with van der Waals surface area (Å²) in [6.45, 7) is 2.24. The third-order valence-corrected chi connectivity index (χ3v) is 4.23. The molecule has 2 fully saturated rings. The minimum Gasteiger partial charge on any atom is -0.290 e. The van der Waals surface area contributed by atoms with Crippen LogP contribution in [0, 0.1) is 0 Å². The zero-order valence-corrected chi connectivity index (χ0v) is 11.5. The number of aromatic nitrogens is 4. The largest absolute Gasteiger partial charge is 0.290 e. The Kier molecular flexibility index (Phi) is 2.99. The maximum atomic E-state index is 4.76. The van der Waals surface area contributed by atoms with Crippen LogP contribution in [0.5, 0.6) is 0 Å². The van der Waals surface area contributed by atoms with Crippen LogP contribution in [0.15, 0.2) is 24.5 Å². The minimum absolute atomic E-state index is 0.148. The van der Waals surface area contributed by atoms with Gasteiger partial charge in [-0.3, -0.25) is 15.0 Å². The summed E-state index contributed by atoms with van der Waals surface area (Å²) >= 11 is 0. The molecule has 5 nitrogen and oxygen atoms in total. The molecule has 20 heavy (non-hydrogen) atoms. The molecule has 0 spiro atoms. The lowest BCUT2D eigenvalue weighted by atomic mass is 10.1. The summed E-state index contributed by atoms with van der Waals surface area (Å²) in [4.78, 5) is 11.5. The molecular weight excluding hydrogens is 250 g/mol. The van der Waals surface area contributed by atoms with Crippen molar-refractivity contribution in [2.45, 2.75) is 37.6 Å². The van der Waals surface area contributed by atoms with Gasteiger partial charge >= 0.3 is 0 Å². The smallest absolute Gasteiger partial charge is 0.172 e. The molecule has 0 amide bonds. The molecule has 3 heterocycles. The van der Waals surface area contributed by atoms with Crippen molar-refractivity contribution >= 4 is 0 Å². The Labute approximate surface area is 118 Å². The first kappa shape index (κ1) is 12.0. The van der Waals surface area contributed by atoms with Gasteiger partial charge in [-0.05, 0) is 50.4 Å². The van der Waals surface area contributed by atoms with Crippen LogP contribution in [0.3, 0.4) is 0 Å². The van der Waals surface area contributed by atoms with Crippen molar-refractivity contribution in [3.8, 4) is 0 Å². The fraction of sp³-hybridized carbons (Fsp3) is 0.533. The predicted molar refractivity (Wildman–Crippen MR) is 75.2 cm³/mol. The Balaban J connectivity index is 1.69. The second-order valence-electron chi connectivity index (χ2n) is 5.79.